The molecule has 0 aromatic carbocycles. The fraction of sp³-hybridized carbons (Fsp3) is 0.625. The molecule has 1 rings (SSSR count). The summed E-state index contributed by atoms with van der Waals surface area (Å²) < 4.78 is 0. The Bertz CT molecular complexity index is 303. The van der Waals surface area contributed by atoms with Crippen LogP contribution < -0.4 is 0 Å². The molecule has 4 nitrogen and oxygen atoms in total. The molecule has 2 unspecified atom stereocenters. The summed E-state index contributed by atoms with van der Waals surface area (Å²) in [5, 5.41) is 27.7. The van der Waals surface area contributed by atoms with Crippen molar-refractivity contribution in [3.05, 3.63) is 11.3 Å². The number of alkyl halides is 2. The highest BCUT2D eigenvalue weighted by Crippen LogP contribution is 2.37. The molecule has 2 atom stereocenters. The lowest BCUT2D eigenvalue weighted by Crippen LogP contribution is -2.43. The molecule has 0 spiro atoms. The van der Waals surface area contributed by atoms with Crippen LogP contribution in [0.15, 0.2) is 16.3 Å². The van der Waals surface area contributed by atoms with Crippen molar-refractivity contribution in [2.75, 3.05) is 13.2 Å². The maximum atomic E-state index is 9.56. The normalized spacial score (nSPS) is 33.2. The third-order valence-corrected chi connectivity index (χ3v) is 3.34. The van der Waals surface area contributed by atoms with Gasteiger partial charge in [-0.2, -0.15) is 0 Å². The number of aliphatic imine (C=N–C) groups is 1. The van der Waals surface area contributed by atoms with Crippen LogP contribution in [-0.4, -0.2) is 44.6 Å². The van der Waals surface area contributed by atoms with Crippen molar-refractivity contribution in [1.29, 1.82) is 0 Å². The van der Waals surface area contributed by atoms with Gasteiger partial charge < -0.3 is 15.3 Å². The van der Waals surface area contributed by atoms with Gasteiger partial charge in [0, 0.05) is 5.57 Å². The van der Waals surface area contributed by atoms with Gasteiger partial charge in [0.15, 0.2) is 0 Å². The topological polar surface area (TPSA) is 73.1 Å². The molecule has 0 aliphatic carbocycles. The van der Waals surface area contributed by atoms with E-state index in [9.17, 15) is 5.11 Å². The summed E-state index contributed by atoms with van der Waals surface area (Å²) in [5.41, 5.74) is -0.486. The summed E-state index contributed by atoms with van der Waals surface area (Å²) in [7, 11) is 0. The van der Waals surface area contributed by atoms with Crippen LogP contribution in [0.25, 0.3) is 0 Å². The zero-order chi connectivity index (χ0) is 10.9. The van der Waals surface area contributed by atoms with Crippen LogP contribution in [-0.2, 0) is 0 Å². The maximum Gasteiger partial charge on any atom is 0.149 e. The molecular weight excluding hydrogens is 229 g/mol. The second kappa shape index (κ2) is 4.06. The summed E-state index contributed by atoms with van der Waals surface area (Å²) in [6, 6.07) is 0. The van der Waals surface area contributed by atoms with Gasteiger partial charge in [0.1, 0.15) is 16.1 Å². The second-order valence-corrected chi connectivity index (χ2v) is 4.14. The molecule has 0 saturated heterocycles. The molecule has 0 fully saturated rings. The Kier molecular flexibility index (Phi) is 3.42. The smallest absolute Gasteiger partial charge is 0.149 e. The predicted molar refractivity (Wildman–Crippen MR) is 55.2 cm³/mol. The molecule has 1 aliphatic heterocycles. The van der Waals surface area contributed by atoms with E-state index in [0.29, 0.717) is 5.71 Å². The third kappa shape index (κ3) is 1.63. The van der Waals surface area contributed by atoms with E-state index >= 15 is 0 Å². The van der Waals surface area contributed by atoms with Crippen LogP contribution >= 0.6 is 23.2 Å². The van der Waals surface area contributed by atoms with Crippen molar-refractivity contribution in [3.8, 4) is 0 Å². The van der Waals surface area contributed by atoms with E-state index in [0.717, 1.165) is 0 Å². The average molecular weight is 240 g/mol. The van der Waals surface area contributed by atoms with Gasteiger partial charge in [0.2, 0.25) is 0 Å². The fourth-order valence-corrected chi connectivity index (χ4v) is 1.81. The highest BCUT2D eigenvalue weighted by molar-refractivity contribution is 6.35. The van der Waals surface area contributed by atoms with Gasteiger partial charge in [-0.1, -0.05) is 11.6 Å². The van der Waals surface area contributed by atoms with Gasteiger partial charge in [0.25, 0.3) is 0 Å². The molecule has 14 heavy (non-hydrogen) atoms. The van der Waals surface area contributed by atoms with Crippen LogP contribution in [0, 0.1) is 0 Å². The third-order valence-electron chi connectivity index (χ3n) is 2.20. The van der Waals surface area contributed by atoms with E-state index in [4.69, 9.17) is 33.4 Å². The second-order valence-electron chi connectivity index (χ2n) is 3.06. The first-order valence-electron chi connectivity index (χ1n) is 3.99. The molecule has 6 heteroatoms. The number of aliphatic hydroxyl groups is 3. The monoisotopic (exact) mass is 239 g/mol. The Morgan fingerprint density at radius 2 is 2.07 bits per heavy atom. The Balaban J connectivity index is 3.23. The van der Waals surface area contributed by atoms with Crippen molar-refractivity contribution in [3.63, 3.8) is 0 Å². The number of hydrogen-bond acceptors (Lipinski definition) is 4. The summed E-state index contributed by atoms with van der Waals surface area (Å²) >= 11 is 11.8. The Labute approximate surface area is 91.5 Å². The summed E-state index contributed by atoms with van der Waals surface area (Å²) in [6.07, 6.45) is 0. The number of rotatable bonds is 2. The van der Waals surface area contributed by atoms with E-state index in [1.807, 2.05) is 0 Å². The number of dihydropyridines is 1. The minimum atomic E-state index is -1.42. The lowest BCUT2D eigenvalue weighted by molar-refractivity contribution is 0.228. The first kappa shape index (κ1) is 11.8. The molecule has 0 radical (unpaired) electrons. The molecule has 0 aromatic heterocycles. The molecule has 0 bridgehead atoms. The summed E-state index contributed by atoms with van der Waals surface area (Å²) in [5.74, 6) is -0.201. The quantitative estimate of drug-likeness (QED) is 0.493. The number of hydrogen-bond donors (Lipinski definition) is 3. The molecule has 1 aliphatic rings. The average Bonchev–Trinajstić information content (AvgIpc) is 2.16. The zero-order valence-corrected chi connectivity index (χ0v) is 9.05. The summed E-state index contributed by atoms with van der Waals surface area (Å²) in [4.78, 5) is 2.44. The molecule has 0 amide bonds. The van der Waals surface area contributed by atoms with E-state index in [1.54, 1.807) is 6.92 Å². The van der Waals surface area contributed by atoms with Gasteiger partial charge in [0.05, 0.1) is 18.9 Å². The van der Waals surface area contributed by atoms with Crippen LogP contribution in [0.3, 0.4) is 0 Å². The Hall–Kier alpha value is -0.290. The molecule has 0 saturated carbocycles. The van der Waals surface area contributed by atoms with E-state index < -0.39 is 23.6 Å². The number of aliphatic hydroxyl groups excluding tert-OH is 3. The minimum Gasteiger partial charge on any atom is -0.506 e. The van der Waals surface area contributed by atoms with Crippen LogP contribution in [0.4, 0.5) is 0 Å². The van der Waals surface area contributed by atoms with Crippen LogP contribution in [0.2, 0.25) is 0 Å². The number of nitrogens with zero attached hydrogens (tertiary/aromatic N) is 1. The predicted octanol–water partition coefficient (Wildman–Crippen LogP) is 0.800. The minimum absolute atomic E-state index is 0.106. The van der Waals surface area contributed by atoms with E-state index in [-0.39, 0.29) is 11.3 Å². The van der Waals surface area contributed by atoms with Crippen molar-refractivity contribution < 1.29 is 15.3 Å². The fourth-order valence-electron chi connectivity index (χ4n) is 1.27. The van der Waals surface area contributed by atoms with Crippen LogP contribution in [0.5, 0.6) is 0 Å². The lowest BCUT2D eigenvalue weighted by Gasteiger charge is -2.33. The van der Waals surface area contributed by atoms with Crippen LogP contribution in [0.1, 0.15) is 6.92 Å². The molecule has 80 valence electrons. The van der Waals surface area contributed by atoms with E-state index in [2.05, 4.69) is 4.99 Å². The highest BCUT2D eigenvalue weighted by Gasteiger charge is 2.44. The van der Waals surface area contributed by atoms with Gasteiger partial charge in [-0.15, -0.1) is 11.6 Å². The number of halogens is 2. The SMILES string of the molecule is CC1=NC(Cl)C(Cl)(CO)C(CO)=C1O. The lowest BCUT2D eigenvalue weighted by atomic mass is 9.94. The van der Waals surface area contributed by atoms with E-state index in [1.165, 1.54) is 0 Å². The Morgan fingerprint density at radius 1 is 1.50 bits per heavy atom. The zero-order valence-electron chi connectivity index (χ0n) is 7.54. The molecule has 1 heterocycles. The van der Waals surface area contributed by atoms with Crippen molar-refractivity contribution >= 4 is 28.9 Å². The van der Waals surface area contributed by atoms with Gasteiger partial charge in [-0.05, 0) is 6.92 Å². The molecular formula is C8H11Cl2NO3. The van der Waals surface area contributed by atoms with Crippen molar-refractivity contribution in [1.82, 2.24) is 0 Å². The van der Waals surface area contributed by atoms with Crippen molar-refractivity contribution in [2.45, 2.75) is 17.3 Å². The Morgan fingerprint density at radius 3 is 2.50 bits per heavy atom. The summed E-state index contributed by atoms with van der Waals surface area (Å²) in [6.45, 7) is 0.583. The maximum absolute atomic E-state index is 9.56. The van der Waals surface area contributed by atoms with Crippen molar-refractivity contribution in [2.24, 2.45) is 4.99 Å². The highest BCUT2D eigenvalue weighted by atomic mass is 35.5. The van der Waals surface area contributed by atoms with Gasteiger partial charge in [-0.3, -0.25) is 4.99 Å². The first-order chi connectivity index (χ1) is 6.47. The molecule has 3 N–H and O–H groups in total. The van der Waals surface area contributed by atoms with Gasteiger partial charge >= 0.3 is 0 Å². The number of allylic oxidation sites excluding steroid dienone is 1. The molecule has 0 aromatic rings. The first-order valence-corrected chi connectivity index (χ1v) is 4.81. The standard InChI is InChI=1S/C8H11Cl2NO3/c1-4-6(14)5(2-12)8(10,3-13)7(9)11-4/h7,12-14H,2-3H2,1H3. The largest absolute Gasteiger partial charge is 0.506 e. The van der Waals surface area contributed by atoms with Gasteiger partial charge in [-0.25, -0.2) is 0 Å².